The van der Waals surface area contributed by atoms with Gasteiger partial charge < -0.3 is 10.6 Å². The lowest BCUT2D eigenvalue weighted by molar-refractivity contribution is -0.116. The van der Waals surface area contributed by atoms with E-state index < -0.39 is 9.84 Å². The molecule has 0 radical (unpaired) electrons. The summed E-state index contributed by atoms with van der Waals surface area (Å²) in [4.78, 5) is 12.1. The summed E-state index contributed by atoms with van der Waals surface area (Å²) in [6.07, 6.45) is 7.35. The van der Waals surface area contributed by atoms with Crippen molar-refractivity contribution in [3.8, 4) is 0 Å². The summed E-state index contributed by atoms with van der Waals surface area (Å²) >= 11 is 0. The summed E-state index contributed by atoms with van der Waals surface area (Å²) in [7, 11) is -3.12. The fourth-order valence-corrected chi connectivity index (χ4v) is 5.81. The van der Waals surface area contributed by atoms with E-state index in [1.807, 2.05) is 18.2 Å². The largest absolute Gasteiger partial charge is 0.326 e. The molecular weight excluding hydrogens is 336 g/mol. The molecule has 2 aliphatic rings. The Morgan fingerprint density at radius 2 is 1.92 bits per heavy atom. The molecule has 1 saturated heterocycles. The predicted molar refractivity (Wildman–Crippen MR) is 100 cm³/mol. The van der Waals surface area contributed by atoms with Gasteiger partial charge in [-0.15, -0.1) is 0 Å². The number of carbonyl (C=O) groups excluding carboxylic acids is 1. The molecule has 0 spiro atoms. The lowest BCUT2D eigenvalue weighted by Gasteiger charge is -2.21. The van der Waals surface area contributed by atoms with Gasteiger partial charge in [0, 0.05) is 18.2 Å². The van der Waals surface area contributed by atoms with E-state index in [-0.39, 0.29) is 23.0 Å². The smallest absolute Gasteiger partial charge is 0.225 e. The SMILES string of the molecule is O=C(CC1CCCN1)Nc1cccc(CS(=O)(=O)C2CCCCC2)c1. The summed E-state index contributed by atoms with van der Waals surface area (Å²) in [5.41, 5.74) is 1.43. The van der Waals surface area contributed by atoms with Crippen LogP contribution in [0.2, 0.25) is 0 Å². The number of rotatable bonds is 6. The first-order valence-electron chi connectivity index (χ1n) is 9.37. The minimum Gasteiger partial charge on any atom is -0.326 e. The highest BCUT2D eigenvalue weighted by molar-refractivity contribution is 7.91. The average molecular weight is 365 g/mol. The normalized spacial score (nSPS) is 22.0. The Balaban J connectivity index is 1.59. The maximum absolute atomic E-state index is 12.6. The lowest BCUT2D eigenvalue weighted by atomic mass is 10.0. The lowest BCUT2D eigenvalue weighted by Crippen LogP contribution is -2.27. The van der Waals surface area contributed by atoms with E-state index in [0.29, 0.717) is 12.1 Å². The van der Waals surface area contributed by atoms with Crippen LogP contribution in [0.15, 0.2) is 24.3 Å². The van der Waals surface area contributed by atoms with Crippen LogP contribution in [0, 0.1) is 0 Å². The molecule has 1 amide bonds. The minimum atomic E-state index is -3.12. The van der Waals surface area contributed by atoms with Crippen LogP contribution >= 0.6 is 0 Å². The van der Waals surface area contributed by atoms with Gasteiger partial charge in [0.2, 0.25) is 5.91 Å². The summed E-state index contributed by atoms with van der Waals surface area (Å²) in [5.74, 6) is 0.0395. The zero-order chi connectivity index (χ0) is 17.7. The van der Waals surface area contributed by atoms with Crippen molar-refractivity contribution >= 4 is 21.4 Å². The molecule has 25 heavy (non-hydrogen) atoms. The van der Waals surface area contributed by atoms with E-state index in [2.05, 4.69) is 10.6 Å². The van der Waals surface area contributed by atoms with Crippen molar-refractivity contribution in [2.24, 2.45) is 0 Å². The quantitative estimate of drug-likeness (QED) is 0.814. The van der Waals surface area contributed by atoms with Crippen molar-refractivity contribution < 1.29 is 13.2 Å². The second-order valence-corrected chi connectivity index (χ2v) is 9.59. The molecule has 1 aliphatic heterocycles. The van der Waals surface area contributed by atoms with Gasteiger partial charge in [-0.25, -0.2) is 8.42 Å². The molecule has 0 bridgehead atoms. The molecule has 1 aromatic rings. The number of sulfone groups is 1. The van der Waals surface area contributed by atoms with Crippen LogP contribution < -0.4 is 10.6 Å². The first-order chi connectivity index (χ1) is 12.0. The Hall–Kier alpha value is -1.40. The molecule has 1 saturated carbocycles. The molecule has 2 N–H and O–H groups in total. The number of anilines is 1. The average Bonchev–Trinajstić information content (AvgIpc) is 3.08. The first-order valence-corrected chi connectivity index (χ1v) is 11.1. The van der Waals surface area contributed by atoms with Crippen molar-refractivity contribution in [2.75, 3.05) is 11.9 Å². The predicted octanol–water partition coefficient (Wildman–Crippen LogP) is 3.01. The number of carbonyl (C=O) groups is 1. The second-order valence-electron chi connectivity index (χ2n) is 7.31. The minimum absolute atomic E-state index is 0.0216. The third-order valence-electron chi connectivity index (χ3n) is 5.23. The summed E-state index contributed by atoms with van der Waals surface area (Å²) < 4.78 is 25.2. The fourth-order valence-electron chi connectivity index (χ4n) is 3.88. The molecular formula is C19H28N2O3S. The van der Waals surface area contributed by atoms with Gasteiger partial charge in [-0.1, -0.05) is 31.4 Å². The molecule has 2 fully saturated rings. The molecule has 0 aromatic heterocycles. The van der Waals surface area contributed by atoms with Gasteiger partial charge in [0.15, 0.2) is 9.84 Å². The number of benzene rings is 1. The topological polar surface area (TPSA) is 75.3 Å². The third-order valence-corrected chi connectivity index (χ3v) is 7.46. The number of hydrogen-bond donors (Lipinski definition) is 2. The Morgan fingerprint density at radius 3 is 2.64 bits per heavy atom. The van der Waals surface area contributed by atoms with Crippen molar-refractivity contribution in [2.45, 2.75) is 68.4 Å². The number of nitrogens with one attached hydrogen (secondary N) is 2. The first kappa shape index (κ1) is 18.4. The van der Waals surface area contributed by atoms with E-state index in [1.165, 1.54) is 0 Å². The van der Waals surface area contributed by atoms with Crippen LogP contribution in [0.5, 0.6) is 0 Å². The van der Waals surface area contributed by atoms with Crippen molar-refractivity contribution in [3.05, 3.63) is 29.8 Å². The van der Waals surface area contributed by atoms with Gasteiger partial charge in [0.05, 0.1) is 11.0 Å². The fraction of sp³-hybridized carbons (Fsp3) is 0.632. The monoisotopic (exact) mass is 364 g/mol. The summed E-state index contributed by atoms with van der Waals surface area (Å²) in [5, 5.41) is 6.01. The van der Waals surface area contributed by atoms with Crippen LogP contribution in [-0.2, 0) is 20.4 Å². The van der Waals surface area contributed by atoms with Crippen molar-refractivity contribution in [3.63, 3.8) is 0 Å². The Labute approximate surface area is 150 Å². The van der Waals surface area contributed by atoms with Gasteiger partial charge in [-0.05, 0) is 49.9 Å². The molecule has 1 aromatic carbocycles. The summed E-state index contributed by atoms with van der Waals surface area (Å²) in [6, 6.07) is 7.51. The number of amides is 1. The van der Waals surface area contributed by atoms with E-state index in [9.17, 15) is 13.2 Å². The van der Waals surface area contributed by atoms with E-state index >= 15 is 0 Å². The van der Waals surface area contributed by atoms with Gasteiger partial charge >= 0.3 is 0 Å². The second kappa shape index (κ2) is 8.32. The van der Waals surface area contributed by atoms with Crippen LogP contribution in [0.1, 0.15) is 56.9 Å². The molecule has 1 unspecified atom stereocenters. The van der Waals surface area contributed by atoms with E-state index in [4.69, 9.17) is 0 Å². The van der Waals surface area contributed by atoms with Gasteiger partial charge in [0.1, 0.15) is 0 Å². The molecule has 3 rings (SSSR count). The molecule has 1 aliphatic carbocycles. The molecule has 5 nitrogen and oxygen atoms in total. The zero-order valence-corrected chi connectivity index (χ0v) is 15.5. The van der Waals surface area contributed by atoms with Crippen LogP contribution in [0.4, 0.5) is 5.69 Å². The van der Waals surface area contributed by atoms with E-state index in [1.54, 1.807) is 6.07 Å². The zero-order valence-electron chi connectivity index (χ0n) is 14.7. The molecule has 1 atom stereocenters. The van der Waals surface area contributed by atoms with Crippen LogP contribution in [0.3, 0.4) is 0 Å². The Morgan fingerprint density at radius 1 is 1.12 bits per heavy atom. The highest BCUT2D eigenvalue weighted by Gasteiger charge is 2.27. The van der Waals surface area contributed by atoms with E-state index in [0.717, 1.165) is 57.1 Å². The number of hydrogen-bond acceptors (Lipinski definition) is 4. The molecule has 138 valence electrons. The maximum atomic E-state index is 12.6. The van der Waals surface area contributed by atoms with Crippen LogP contribution in [0.25, 0.3) is 0 Å². The van der Waals surface area contributed by atoms with Crippen LogP contribution in [-0.4, -0.2) is 32.2 Å². The van der Waals surface area contributed by atoms with Crippen molar-refractivity contribution in [1.82, 2.24) is 5.32 Å². The molecule has 1 heterocycles. The standard InChI is InChI=1S/C19H28N2O3S/c22-19(13-16-8-5-11-20-16)21-17-7-4-6-15(12-17)14-25(23,24)18-9-2-1-3-10-18/h4,6-7,12,16,18,20H,1-3,5,8-11,13-14H2,(H,21,22). The Kier molecular flexibility index (Phi) is 6.12. The third kappa shape index (κ3) is 5.28. The maximum Gasteiger partial charge on any atom is 0.225 e. The summed E-state index contributed by atoms with van der Waals surface area (Å²) in [6.45, 7) is 0.979. The van der Waals surface area contributed by atoms with Crippen molar-refractivity contribution in [1.29, 1.82) is 0 Å². The Bertz CT molecular complexity index is 690. The van der Waals surface area contributed by atoms with Gasteiger partial charge in [-0.3, -0.25) is 4.79 Å². The molecule has 6 heteroatoms. The van der Waals surface area contributed by atoms with Gasteiger partial charge in [0.25, 0.3) is 0 Å². The highest BCUT2D eigenvalue weighted by atomic mass is 32.2. The van der Waals surface area contributed by atoms with Gasteiger partial charge in [-0.2, -0.15) is 0 Å². The highest BCUT2D eigenvalue weighted by Crippen LogP contribution is 2.26.